The monoisotopic (exact) mass is 645 g/mol. The number of fused-ring (bicyclic) bond motifs is 1. The second-order valence-corrected chi connectivity index (χ2v) is 19.4. The average molecular weight is 646 g/mol. The van der Waals surface area contributed by atoms with Crippen LogP contribution in [0.3, 0.4) is 0 Å². The molecule has 2 aromatic heterocycles. The third-order valence-corrected chi connectivity index (χ3v) is 14.4. The molecule has 0 spiro atoms. The molecule has 4 heterocycles. The van der Waals surface area contributed by atoms with E-state index in [1.54, 1.807) is 12.3 Å². The number of hydrogen-bond donors (Lipinski definition) is 1. The minimum absolute atomic E-state index is 0.0517. The number of halogens is 1. The predicted molar refractivity (Wildman–Crippen MR) is 183 cm³/mol. The van der Waals surface area contributed by atoms with Crippen LogP contribution in [0.2, 0.25) is 23.3 Å². The van der Waals surface area contributed by atoms with Crippen molar-refractivity contribution in [1.29, 1.82) is 5.26 Å². The summed E-state index contributed by atoms with van der Waals surface area (Å²) in [5.41, 5.74) is 3.20. The van der Waals surface area contributed by atoms with E-state index in [-0.39, 0.29) is 5.04 Å². The smallest absolute Gasteiger partial charge is 0.329 e. The van der Waals surface area contributed by atoms with Crippen LogP contribution in [-0.2, 0) is 21.2 Å². The van der Waals surface area contributed by atoms with E-state index in [2.05, 4.69) is 80.3 Å². The molecular weight excluding hydrogens is 603 g/mol. The van der Waals surface area contributed by atoms with Gasteiger partial charge in [-0.05, 0) is 80.8 Å². The topological polar surface area (TPSA) is 112 Å². The molecule has 10 nitrogen and oxygen atoms in total. The zero-order chi connectivity index (χ0) is 32.6. The third kappa shape index (κ3) is 7.12. The maximum Gasteiger partial charge on any atom is 0.329 e. The third-order valence-electron chi connectivity index (χ3n) is 9.70. The van der Waals surface area contributed by atoms with Gasteiger partial charge in [-0.25, -0.2) is 14.6 Å². The zero-order valence-electron chi connectivity index (χ0n) is 27.4. The maximum absolute atomic E-state index is 11.6. The van der Waals surface area contributed by atoms with E-state index in [1.807, 2.05) is 21.6 Å². The van der Waals surface area contributed by atoms with Crippen LogP contribution in [0.25, 0.3) is 11.3 Å². The van der Waals surface area contributed by atoms with Gasteiger partial charge in [-0.2, -0.15) is 10.4 Å². The number of nitrogens with zero attached hydrogens (tertiary/aromatic N) is 7. The first kappa shape index (κ1) is 33.1. The Kier molecular flexibility index (Phi) is 9.48. The Morgan fingerprint density at radius 2 is 2.00 bits per heavy atom. The van der Waals surface area contributed by atoms with Gasteiger partial charge in [0.1, 0.15) is 18.1 Å². The van der Waals surface area contributed by atoms with E-state index in [0.717, 1.165) is 61.3 Å². The first-order valence-electron chi connectivity index (χ1n) is 15.5. The Morgan fingerprint density at radius 3 is 2.67 bits per heavy atom. The van der Waals surface area contributed by atoms with Crippen LogP contribution in [0, 0.1) is 17.2 Å². The Morgan fingerprint density at radius 1 is 1.27 bits per heavy atom. The lowest BCUT2D eigenvalue weighted by Crippen LogP contribution is -2.46. The van der Waals surface area contributed by atoms with Gasteiger partial charge in [0.15, 0.2) is 13.5 Å². The summed E-state index contributed by atoms with van der Waals surface area (Å²) in [7, 11) is 1.60. The van der Waals surface area contributed by atoms with Crippen LogP contribution in [-0.4, -0.2) is 79.9 Å². The standard InChI is InChI=1S/C32H43BClN8O2Si/c1-31(2,3)45(6,7)44-20-32(4)19-41(33-21-43)29-24(17-35)14-23(15-25(29)32)26-8-11-36-30(37-26)38-28-16-27(34)39-42(28)18-22-9-12-40(5)13-10-22/h8,11,14-16,21-22H,9-10,12-13,18-20H2,1-7H3,(H,36,37,38)/t32-/m1/s1. The van der Waals surface area contributed by atoms with Crippen molar-refractivity contribution in [2.45, 2.75) is 70.6 Å². The Hall–Kier alpha value is -3.24. The fourth-order valence-corrected chi connectivity index (χ4v) is 7.17. The zero-order valence-corrected chi connectivity index (χ0v) is 29.1. The van der Waals surface area contributed by atoms with Crippen molar-refractivity contribution < 1.29 is 9.22 Å². The summed E-state index contributed by atoms with van der Waals surface area (Å²) >= 11 is 6.34. The molecular formula is C32H43BClN8O2Si. The molecule has 0 bridgehead atoms. The van der Waals surface area contributed by atoms with Crippen LogP contribution in [0.5, 0.6) is 0 Å². The molecule has 0 saturated carbocycles. The highest BCUT2D eigenvalue weighted by molar-refractivity contribution is 6.74. The summed E-state index contributed by atoms with van der Waals surface area (Å²) < 4.78 is 8.62. The van der Waals surface area contributed by atoms with Crippen LogP contribution >= 0.6 is 11.6 Å². The van der Waals surface area contributed by atoms with E-state index in [0.29, 0.717) is 41.4 Å². The number of piperidine rings is 1. The minimum Gasteiger partial charge on any atom is -0.416 e. The summed E-state index contributed by atoms with van der Waals surface area (Å²) in [6.07, 6.45) is 4.70. The van der Waals surface area contributed by atoms with Crippen LogP contribution in [0.4, 0.5) is 17.5 Å². The molecule has 237 valence electrons. The van der Waals surface area contributed by atoms with Gasteiger partial charge in [0.05, 0.1) is 11.3 Å². The van der Waals surface area contributed by atoms with Gasteiger partial charge in [-0.3, -0.25) is 0 Å². The predicted octanol–water partition coefficient (Wildman–Crippen LogP) is 5.86. The first-order valence-corrected chi connectivity index (χ1v) is 18.8. The first-order chi connectivity index (χ1) is 21.2. The number of anilines is 3. The van der Waals surface area contributed by atoms with Crippen LogP contribution in [0.1, 0.15) is 51.7 Å². The fourth-order valence-electron chi connectivity index (χ4n) is 5.87. The SMILES string of the molecule is CN1CCC(Cn2nc(Cl)cc2Nc2nccc(-c3cc(C#N)c4c(c3)[C@@](C)(CO[Si](C)(C)C(C)(C)C)CN4[B]C=O)n2)CC1. The molecule has 45 heavy (non-hydrogen) atoms. The van der Waals surface area contributed by atoms with Gasteiger partial charge < -0.3 is 24.2 Å². The molecule has 13 heteroatoms. The van der Waals surface area contributed by atoms with Crippen molar-refractivity contribution in [3.8, 4) is 17.3 Å². The average Bonchev–Trinajstić information content (AvgIpc) is 3.47. The largest absolute Gasteiger partial charge is 0.416 e. The summed E-state index contributed by atoms with van der Waals surface area (Å²) in [5, 5.41) is 18.6. The number of carbonyl (C=O) groups excluding carboxylic acids is 1. The van der Waals surface area contributed by atoms with Crippen molar-refractivity contribution in [3.05, 3.63) is 46.7 Å². The molecule has 2 aliphatic heterocycles. The van der Waals surface area contributed by atoms with Crippen molar-refractivity contribution in [1.82, 2.24) is 24.6 Å². The van der Waals surface area contributed by atoms with E-state index in [1.165, 1.54) is 7.41 Å². The number of nitriles is 1. The Balaban J connectivity index is 1.45. The second kappa shape index (κ2) is 12.9. The molecule has 1 aromatic carbocycles. The fraction of sp³-hybridized carbons (Fsp3) is 0.531. The van der Waals surface area contributed by atoms with Gasteiger partial charge in [0.25, 0.3) is 0 Å². The number of hydrogen-bond acceptors (Lipinski definition) is 9. The Bertz CT molecular complexity index is 1590. The molecule has 0 unspecified atom stereocenters. The maximum atomic E-state index is 11.6. The molecule has 0 amide bonds. The van der Waals surface area contributed by atoms with Gasteiger partial charge in [-0.15, -0.1) is 0 Å². The van der Waals surface area contributed by atoms with E-state index >= 15 is 0 Å². The summed E-state index contributed by atoms with van der Waals surface area (Å²) in [4.78, 5) is 25.2. The number of carbonyl (C=O) groups is 1. The quantitative estimate of drug-likeness (QED) is 0.214. The molecule has 3 aromatic rings. The highest BCUT2D eigenvalue weighted by Gasteiger charge is 2.44. The normalized spacial score (nSPS) is 19.3. The number of benzene rings is 1. The van der Waals surface area contributed by atoms with E-state index in [9.17, 15) is 10.1 Å². The molecule has 5 rings (SSSR count). The second-order valence-electron chi connectivity index (χ2n) is 14.2. The molecule has 2 aliphatic rings. The van der Waals surface area contributed by atoms with Gasteiger partial charge in [0.2, 0.25) is 5.95 Å². The molecule has 0 aliphatic carbocycles. The highest BCUT2D eigenvalue weighted by atomic mass is 35.5. The van der Waals surface area contributed by atoms with Gasteiger partial charge in [0, 0.05) is 48.6 Å². The molecule has 1 N–H and O–H groups in total. The lowest BCUT2D eigenvalue weighted by atomic mass is 9.83. The number of rotatable bonds is 10. The van der Waals surface area contributed by atoms with Crippen molar-refractivity contribution >= 4 is 51.0 Å². The number of likely N-dealkylation sites (tertiary alicyclic amines) is 1. The lowest BCUT2D eigenvalue weighted by Gasteiger charge is -2.39. The number of aromatic nitrogens is 4. The van der Waals surface area contributed by atoms with Gasteiger partial charge >= 0.3 is 7.41 Å². The molecule has 1 radical (unpaired) electrons. The molecule has 1 saturated heterocycles. The Labute approximate surface area is 273 Å². The van der Waals surface area contributed by atoms with E-state index in [4.69, 9.17) is 21.0 Å². The van der Waals surface area contributed by atoms with E-state index < -0.39 is 13.7 Å². The highest BCUT2D eigenvalue weighted by Crippen LogP contribution is 2.46. The van der Waals surface area contributed by atoms with Crippen molar-refractivity contribution in [2.24, 2.45) is 5.92 Å². The lowest BCUT2D eigenvalue weighted by molar-refractivity contribution is 0.202. The van der Waals surface area contributed by atoms with Gasteiger partial charge in [-0.1, -0.05) is 39.3 Å². The summed E-state index contributed by atoms with van der Waals surface area (Å²) in [5.74, 6) is 1.66. The van der Waals surface area contributed by atoms with Crippen molar-refractivity contribution in [2.75, 3.05) is 43.4 Å². The molecule has 1 atom stereocenters. The van der Waals surface area contributed by atoms with Crippen molar-refractivity contribution in [3.63, 3.8) is 0 Å². The molecule has 1 fully saturated rings. The summed E-state index contributed by atoms with van der Waals surface area (Å²) in [6.45, 7) is 17.2. The minimum atomic E-state index is -2.06. The number of nitrogens with one attached hydrogen (secondary N) is 1. The summed E-state index contributed by atoms with van der Waals surface area (Å²) in [6, 6.07) is 9.91. The van der Waals surface area contributed by atoms with Crippen LogP contribution < -0.4 is 10.1 Å². The van der Waals surface area contributed by atoms with Crippen LogP contribution in [0.15, 0.2) is 30.5 Å².